The summed E-state index contributed by atoms with van der Waals surface area (Å²) in [7, 11) is 0. The molecule has 0 radical (unpaired) electrons. The average molecular weight is 715 g/mol. The maximum Gasteiger partial charge on any atom is 0.262 e. The highest BCUT2D eigenvalue weighted by Gasteiger charge is 2.49. The number of hydrogen-bond acceptors (Lipinski definition) is 8. The summed E-state index contributed by atoms with van der Waals surface area (Å²) < 4.78 is 39.3. The van der Waals surface area contributed by atoms with Gasteiger partial charge in [0.05, 0.1) is 37.8 Å². The van der Waals surface area contributed by atoms with Gasteiger partial charge >= 0.3 is 0 Å². The van der Waals surface area contributed by atoms with E-state index < -0.39 is 0 Å². The van der Waals surface area contributed by atoms with Gasteiger partial charge in [-0.3, -0.25) is 9.80 Å². The van der Waals surface area contributed by atoms with E-state index >= 15 is 0 Å². The van der Waals surface area contributed by atoms with Gasteiger partial charge in [-0.05, 0) is 93.2 Å². The van der Waals surface area contributed by atoms with Gasteiger partial charge in [0.2, 0.25) is 11.8 Å². The van der Waals surface area contributed by atoms with Crippen LogP contribution in [-0.4, -0.2) is 33.1 Å². The van der Waals surface area contributed by atoms with Crippen LogP contribution < -0.4 is 45.1 Å². The maximum atomic E-state index is 7.04. The number of aryl methyl sites for hydroxylation is 3. The van der Waals surface area contributed by atoms with Gasteiger partial charge in [-0.15, -0.1) is 0 Å². The Balaban J connectivity index is 1.28. The van der Waals surface area contributed by atoms with Crippen LogP contribution >= 0.6 is 0 Å². The van der Waals surface area contributed by atoms with Crippen molar-refractivity contribution in [3.8, 4) is 23.0 Å². The SMILES string of the molecule is Cc1cc2c3c(c1)N(c1c(C)cc4c(c1C)OCCCO4)c1oc4ccccc4c1B3c1c(oc3ccccc13)N2c1c(C)cc2c(c1C)OCCCO2. The van der Waals surface area contributed by atoms with Gasteiger partial charge in [-0.1, -0.05) is 36.4 Å². The zero-order valence-corrected chi connectivity index (χ0v) is 31.1. The summed E-state index contributed by atoms with van der Waals surface area (Å²) in [5, 5.41) is 2.16. The number of furan rings is 2. The zero-order valence-electron chi connectivity index (χ0n) is 31.1. The molecule has 0 atom stereocenters. The zero-order chi connectivity index (χ0) is 36.4. The average Bonchev–Trinajstić information content (AvgIpc) is 3.52. The lowest BCUT2D eigenvalue weighted by molar-refractivity contribution is 0.296. The number of anilines is 6. The molecule has 8 nitrogen and oxygen atoms in total. The Morgan fingerprint density at radius 1 is 0.519 bits per heavy atom. The molecule has 4 aliphatic heterocycles. The van der Waals surface area contributed by atoms with Gasteiger partial charge in [0.1, 0.15) is 11.2 Å². The van der Waals surface area contributed by atoms with Crippen LogP contribution in [0.2, 0.25) is 0 Å². The van der Waals surface area contributed by atoms with E-state index in [0.29, 0.717) is 26.4 Å². The first-order valence-corrected chi connectivity index (χ1v) is 19.0. The maximum absolute atomic E-state index is 7.04. The molecule has 2 aromatic heterocycles. The number of ether oxygens (including phenoxy) is 4. The summed E-state index contributed by atoms with van der Waals surface area (Å²) in [6.07, 6.45) is 1.67. The van der Waals surface area contributed by atoms with Crippen LogP contribution in [0.1, 0.15) is 40.7 Å². The molecule has 0 saturated carbocycles. The molecule has 6 heterocycles. The fourth-order valence-corrected chi connectivity index (χ4v) is 9.45. The Morgan fingerprint density at radius 3 is 1.44 bits per heavy atom. The van der Waals surface area contributed by atoms with Crippen molar-refractivity contribution in [1.29, 1.82) is 0 Å². The lowest BCUT2D eigenvalue weighted by atomic mass is 9.33. The van der Waals surface area contributed by atoms with Gasteiger partial charge in [-0.2, -0.15) is 0 Å². The molecule has 0 unspecified atom stereocenters. The molecule has 5 aromatic carbocycles. The molecule has 9 heteroatoms. The van der Waals surface area contributed by atoms with Crippen LogP contribution in [-0.2, 0) is 0 Å². The van der Waals surface area contributed by atoms with Crippen molar-refractivity contribution in [3.63, 3.8) is 0 Å². The molecule has 0 bridgehead atoms. The minimum absolute atomic E-state index is 0.178. The summed E-state index contributed by atoms with van der Waals surface area (Å²) in [6, 6.07) is 25.7. The summed E-state index contributed by atoms with van der Waals surface area (Å²) in [5.74, 6) is 4.77. The van der Waals surface area contributed by atoms with Crippen LogP contribution in [0.4, 0.5) is 34.5 Å². The molecule has 0 fully saturated rings. The number of nitrogens with zero attached hydrogens (tertiary/aromatic N) is 2. The topological polar surface area (TPSA) is 69.7 Å². The molecular weight excluding hydrogens is 675 g/mol. The summed E-state index contributed by atoms with van der Waals surface area (Å²) in [4.78, 5) is 4.69. The van der Waals surface area contributed by atoms with Gasteiger partial charge < -0.3 is 27.8 Å². The third kappa shape index (κ3) is 4.26. The molecule has 54 heavy (non-hydrogen) atoms. The van der Waals surface area contributed by atoms with Gasteiger partial charge in [0, 0.05) is 57.0 Å². The van der Waals surface area contributed by atoms with Crippen molar-refractivity contribution in [2.75, 3.05) is 36.2 Å². The lowest BCUT2D eigenvalue weighted by Crippen LogP contribution is -2.61. The summed E-state index contributed by atoms with van der Waals surface area (Å²) in [5.41, 5.74) is 14.6. The van der Waals surface area contributed by atoms with Crippen molar-refractivity contribution in [3.05, 3.63) is 101 Å². The van der Waals surface area contributed by atoms with E-state index in [-0.39, 0.29) is 6.71 Å². The summed E-state index contributed by atoms with van der Waals surface area (Å²) in [6.45, 7) is 13.1. The second kappa shape index (κ2) is 11.5. The first-order valence-electron chi connectivity index (χ1n) is 19.0. The normalized spacial score (nSPS) is 15.5. The number of benzene rings is 5. The molecule has 0 saturated heterocycles. The number of rotatable bonds is 2. The van der Waals surface area contributed by atoms with E-state index in [1.54, 1.807) is 0 Å². The van der Waals surface area contributed by atoms with E-state index in [9.17, 15) is 0 Å². The van der Waals surface area contributed by atoms with Crippen LogP contribution in [0.25, 0.3) is 21.9 Å². The minimum Gasteiger partial charge on any atom is -0.490 e. The second-order valence-electron chi connectivity index (χ2n) is 15.0. The van der Waals surface area contributed by atoms with Crippen LogP contribution in [0.5, 0.6) is 23.0 Å². The van der Waals surface area contributed by atoms with Gasteiger partial charge in [0.25, 0.3) is 6.71 Å². The van der Waals surface area contributed by atoms with Crippen molar-refractivity contribution < 1.29 is 27.8 Å². The standard InChI is InChI=1S/C45H39BN2O6/c1-24-20-31-39-32(21-24)48(41-26(3)23-36-43(28(41)5)52-19-11-17-50-36)45-38(30-13-7-9-15-34(30)54-45)46(39)37-29-12-6-8-14-33(29)53-44(37)47(31)40-25(2)22-35-42(27(40)4)51-18-10-16-49-35/h6-9,12-15,20-23H,10-11,16-19H2,1-5H3. The highest BCUT2D eigenvalue weighted by atomic mass is 16.5. The Kier molecular flexibility index (Phi) is 6.73. The quantitative estimate of drug-likeness (QED) is 0.164. The van der Waals surface area contributed by atoms with Crippen molar-refractivity contribution in [2.45, 2.75) is 47.5 Å². The fraction of sp³-hybridized carbons (Fsp3) is 0.244. The van der Waals surface area contributed by atoms with Crippen LogP contribution in [0.3, 0.4) is 0 Å². The molecule has 268 valence electrons. The fourth-order valence-electron chi connectivity index (χ4n) is 9.45. The van der Waals surface area contributed by atoms with Gasteiger partial charge in [-0.25, -0.2) is 0 Å². The van der Waals surface area contributed by atoms with E-state index in [2.05, 4.69) is 105 Å². The smallest absolute Gasteiger partial charge is 0.262 e. The highest BCUT2D eigenvalue weighted by Crippen LogP contribution is 2.53. The third-order valence-electron chi connectivity index (χ3n) is 11.6. The highest BCUT2D eigenvalue weighted by molar-refractivity contribution is 7.02. The van der Waals surface area contributed by atoms with E-state index in [1.165, 1.54) is 5.46 Å². The Bertz CT molecular complexity index is 2550. The Hall–Kier alpha value is -5.96. The molecule has 7 aromatic rings. The van der Waals surface area contributed by atoms with E-state index in [0.717, 1.165) is 131 Å². The summed E-state index contributed by atoms with van der Waals surface area (Å²) >= 11 is 0. The number of para-hydroxylation sites is 2. The second-order valence-corrected chi connectivity index (χ2v) is 15.0. The predicted octanol–water partition coefficient (Wildman–Crippen LogP) is 9.13. The first kappa shape index (κ1) is 31.6. The van der Waals surface area contributed by atoms with E-state index in [1.807, 2.05) is 12.1 Å². The molecular formula is C45H39BN2O6. The number of fused-ring (bicyclic) bond motifs is 10. The van der Waals surface area contributed by atoms with E-state index in [4.69, 9.17) is 27.8 Å². The van der Waals surface area contributed by atoms with Gasteiger partial charge in [0.15, 0.2) is 23.0 Å². The first-order chi connectivity index (χ1) is 26.4. The Morgan fingerprint density at radius 2 is 0.963 bits per heavy atom. The molecule has 4 aliphatic rings. The van der Waals surface area contributed by atoms with Crippen molar-refractivity contribution in [1.82, 2.24) is 0 Å². The molecule has 0 spiro atoms. The largest absolute Gasteiger partial charge is 0.490 e. The van der Waals surface area contributed by atoms with Crippen LogP contribution in [0, 0.1) is 34.6 Å². The predicted molar refractivity (Wildman–Crippen MR) is 215 cm³/mol. The number of hydrogen-bond donors (Lipinski definition) is 0. The minimum atomic E-state index is -0.178. The molecule has 11 rings (SSSR count). The van der Waals surface area contributed by atoms with Crippen molar-refractivity contribution in [2.24, 2.45) is 0 Å². The Labute approximate surface area is 313 Å². The molecule has 0 aliphatic carbocycles. The third-order valence-corrected chi connectivity index (χ3v) is 11.6. The van der Waals surface area contributed by atoms with Crippen molar-refractivity contribution >= 4 is 79.6 Å². The monoisotopic (exact) mass is 714 g/mol. The molecule has 0 amide bonds. The van der Waals surface area contributed by atoms with Crippen LogP contribution in [0.15, 0.2) is 81.6 Å². The lowest BCUT2D eigenvalue weighted by Gasteiger charge is -2.42. The molecule has 0 N–H and O–H groups in total.